The monoisotopic (exact) mass is 948 g/mol. The van der Waals surface area contributed by atoms with Crippen molar-refractivity contribution in [2.24, 2.45) is 0 Å². The molecule has 4 aliphatic heterocycles. The van der Waals surface area contributed by atoms with Crippen LogP contribution in [0.25, 0.3) is 11.1 Å². The van der Waals surface area contributed by atoms with E-state index in [1.54, 1.807) is 21.1 Å². The van der Waals surface area contributed by atoms with Crippen LogP contribution in [0.4, 0.5) is 4.79 Å². The number of piperazine rings is 1. The topological polar surface area (TPSA) is 188 Å². The van der Waals surface area contributed by atoms with Crippen LogP contribution < -0.4 is 14.8 Å². The number of ketones is 1. The molecule has 9 rings (SSSR count). The number of aryl methyl sites for hydroxylation is 1. The van der Waals surface area contributed by atoms with Crippen LogP contribution in [-0.2, 0) is 44.4 Å². The Labute approximate surface area is 399 Å². The molecule has 0 radical (unpaired) electrons. The molecule has 2 bridgehead atoms. The van der Waals surface area contributed by atoms with E-state index in [2.05, 4.69) is 47.1 Å². The van der Waals surface area contributed by atoms with Crippen molar-refractivity contribution in [2.75, 3.05) is 72.8 Å². The number of fused-ring (bicyclic) bond motifs is 11. The number of nitrogens with one attached hydrogen (secondary N) is 1. The maximum atomic E-state index is 14.6. The van der Waals surface area contributed by atoms with Gasteiger partial charge in [-0.05, 0) is 60.7 Å². The fraction of sp³-hybridized carbons (Fsp3) is 0.451. The molecule has 0 aromatic heterocycles. The van der Waals surface area contributed by atoms with Gasteiger partial charge in [-0.2, -0.15) is 17.0 Å². The zero-order valence-corrected chi connectivity index (χ0v) is 39.6. The molecule has 3 saturated heterocycles. The molecule has 3 aromatic carbocycles. The van der Waals surface area contributed by atoms with Crippen molar-refractivity contribution in [1.82, 2.24) is 15.1 Å². The standard InChI is InChI=1S/C51H56N4O12S/c1-7-16-63-50(58)53-36(25-68-24-35-33-14-10-8-12-31(33)32-13-9-11-15-34(32)35)49(57)64-23-40-42-47-45(66-27-67-47)29(3)48(56)51(42,59)21-38-43-41-30(20-37(54(43)4)39(22-52)55(38)40)19-28(2)44(61-6)46(41)65-26-62-18-17-60-5/h7-15,19,35-40,43,59H,1,16-18,20-21,23-27H2,2-6H3,(H,53,58)/t36-,37+,38?,39+,40+,43+,51-/m1/s1. The van der Waals surface area contributed by atoms with Gasteiger partial charge in [0.25, 0.3) is 0 Å². The highest BCUT2D eigenvalue weighted by Gasteiger charge is 2.64. The summed E-state index contributed by atoms with van der Waals surface area (Å²) in [6, 6.07) is 16.4. The summed E-state index contributed by atoms with van der Waals surface area (Å²) in [5.41, 5.74) is 5.42. The van der Waals surface area contributed by atoms with Crippen molar-refractivity contribution in [2.45, 2.75) is 74.5 Å². The van der Waals surface area contributed by atoms with Crippen molar-refractivity contribution in [1.29, 1.82) is 5.26 Å². The molecule has 358 valence electrons. The lowest BCUT2D eigenvalue weighted by Crippen LogP contribution is -2.74. The quantitative estimate of drug-likeness (QED) is 0.0751. The lowest BCUT2D eigenvalue weighted by Gasteiger charge is -2.62. The number of rotatable bonds is 17. The molecule has 3 fully saturated rings. The predicted molar refractivity (Wildman–Crippen MR) is 250 cm³/mol. The second-order valence-corrected chi connectivity index (χ2v) is 18.8. The molecular formula is C51H56N4O12S. The number of piperidine rings is 1. The highest BCUT2D eigenvalue weighted by Crippen LogP contribution is 2.57. The average Bonchev–Trinajstić information content (AvgIpc) is 3.95. The minimum atomic E-state index is -2.16. The van der Waals surface area contributed by atoms with Crippen LogP contribution in [-0.4, -0.2) is 141 Å². The van der Waals surface area contributed by atoms with Crippen molar-refractivity contribution in [3.8, 4) is 28.7 Å². The van der Waals surface area contributed by atoms with E-state index < -0.39 is 66.3 Å². The van der Waals surface area contributed by atoms with Gasteiger partial charge < -0.3 is 48.3 Å². The van der Waals surface area contributed by atoms with E-state index in [9.17, 15) is 24.8 Å². The van der Waals surface area contributed by atoms with Crippen LogP contribution >= 0.6 is 11.8 Å². The lowest BCUT2D eigenvalue weighted by molar-refractivity contribution is -0.159. The number of Topliss-reactive ketones (excluding diaryl/α,β-unsaturated/α-hetero) is 1. The number of ether oxygens (including phenoxy) is 8. The number of hydrogen-bond acceptors (Lipinski definition) is 16. The molecule has 2 aliphatic carbocycles. The van der Waals surface area contributed by atoms with Gasteiger partial charge in [-0.3, -0.25) is 14.6 Å². The number of benzene rings is 3. The second kappa shape index (κ2) is 19.6. The number of carbonyl (C=O) groups excluding carboxylic acids is 3. The van der Waals surface area contributed by atoms with Gasteiger partial charge in [-0.15, -0.1) is 0 Å². The first-order valence-corrected chi connectivity index (χ1v) is 23.9. The van der Waals surface area contributed by atoms with Gasteiger partial charge in [0.15, 0.2) is 41.2 Å². The molecule has 7 atom stereocenters. The first-order valence-electron chi connectivity index (χ1n) is 22.7. The van der Waals surface area contributed by atoms with Crippen molar-refractivity contribution < 1.29 is 57.4 Å². The lowest BCUT2D eigenvalue weighted by atomic mass is 9.65. The third kappa shape index (κ3) is 8.10. The molecule has 68 heavy (non-hydrogen) atoms. The van der Waals surface area contributed by atoms with Crippen LogP contribution in [0, 0.1) is 18.3 Å². The summed E-state index contributed by atoms with van der Waals surface area (Å²) in [6.07, 6.45) is 0.886. The minimum Gasteiger partial charge on any atom is -0.493 e. The maximum Gasteiger partial charge on any atom is 0.408 e. The molecule has 16 nitrogen and oxygen atoms in total. The average molecular weight is 949 g/mol. The molecule has 2 N–H and O–H groups in total. The third-order valence-corrected chi connectivity index (χ3v) is 15.2. The summed E-state index contributed by atoms with van der Waals surface area (Å²) < 4.78 is 46.8. The van der Waals surface area contributed by atoms with Gasteiger partial charge in [0, 0.05) is 59.7 Å². The molecule has 6 aliphatic rings. The Morgan fingerprint density at radius 2 is 1.76 bits per heavy atom. The number of methoxy groups -OCH3 is 2. The van der Waals surface area contributed by atoms with Crippen molar-refractivity contribution >= 4 is 29.6 Å². The van der Waals surface area contributed by atoms with Gasteiger partial charge in [-0.1, -0.05) is 67.3 Å². The summed E-state index contributed by atoms with van der Waals surface area (Å²) >= 11 is 1.49. The number of likely N-dealkylation sites (N-methyl/N-ethyl adjacent to an activating group) is 1. The number of esters is 1. The van der Waals surface area contributed by atoms with Crippen LogP contribution in [0.1, 0.15) is 53.1 Å². The number of nitriles is 1. The van der Waals surface area contributed by atoms with Gasteiger partial charge in [-0.25, -0.2) is 9.59 Å². The molecule has 1 unspecified atom stereocenters. The SMILES string of the molecule is C=CCOC(=O)N[C@H](CSCC1c2ccccc2-c2ccccc21)C(=O)OC[C@H]1C2=C3OCOC3=C(C)C(=O)[C@@]2(O)CC2[C@H]3c4c(cc(C)c(OC)c4OCOCCOC)C[C@@H]([C@H](C#N)N21)N3C. The number of hydrogen-bond donors (Lipinski definition) is 2. The highest BCUT2D eigenvalue weighted by atomic mass is 32.2. The number of amides is 1. The van der Waals surface area contributed by atoms with E-state index >= 15 is 0 Å². The van der Waals surface area contributed by atoms with E-state index in [0.717, 1.165) is 16.7 Å². The van der Waals surface area contributed by atoms with E-state index in [1.165, 1.54) is 40.1 Å². The number of thioether (sulfide) groups is 1. The smallest absolute Gasteiger partial charge is 0.408 e. The summed E-state index contributed by atoms with van der Waals surface area (Å²) in [5.74, 6) is 0.749. The second-order valence-electron chi connectivity index (χ2n) is 17.8. The van der Waals surface area contributed by atoms with Crippen molar-refractivity contribution in [3.63, 3.8) is 0 Å². The van der Waals surface area contributed by atoms with Crippen LogP contribution in [0.2, 0.25) is 0 Å². The zero-order chi connectivity index (χ0) is 47.9. The normalized spacial score (nSPS) is 25.0. The Morgan fingerprint density at radius 1 is 1.04 bits per heavy atom. The van der Waals surface area contributed by atoms with E-state index in [-0.39, 0.29) is 60.9 Å². The molecular weight excluding hydrogens is 893 g/mol. The fourth-order valence-electron chi connectivity index (χ4n) is 11.2. The largest absolute Gasteiger partial charge is 0.493 e. The third-order valence-electron chi connectivity index (χ3n) is 14.1. The highest BCUT2D eigenvalue weighted by molar-refractivity contribution is 7.99. The van der Waals surface area contributed by atoms with E-state index in [1.807, 2.05) is 49.2 Å². The first-order chi connectivity index (χ1) is 33.0. The summed E-state index contributed by atoms with van der Waals surface area (Å²) in [4.78, 5) is 46.4. The maximum absolute atomic E-state index is 14.6. The van der Waals surface area contributed by atoms with Crippen LogP contribution in [0.15, 0.2) is 89.9 Å². The summed E-state index contributed by atoms with van der Waals surface area (Å²) in [7, 11) is 5.08. The molecule has 0 spiro atoms. The Balaban J connectivity index is 1.07. The molecule has 4 heterocycles. The molecule has 3 aromatic rings. The molecule has 1 amide bonds. The number of aliphatic hydroxyl groups is 1. The Bertz CT molecular complexity index is 2570. The first kappa shape index (κ1) is 47.2. The van der Waals surface area contributed by atoms with E-state index in [4.69, 9.17) is 37.9 Å². The summed E-state index contributed by atoms with van der Waals surface area (Å²) in [6.45, 7) is 6.99. The van der Waals surface area contributed by atoms with E-state index in [0.29, 0.717) is 36.9 Å². The van der Waals surface area contributed by atoms with Gasteiger partial charge in [0.2, 0.25) is 6.79 Å². The minimum absolute atomic E-state index is 0.0490. The van der Waals surface area contributed by atoms with Gasteiger partial charge >= 0.3 is 12.1 Å². The van der Waals surface area contributed by atoms with Crippen LogP contribution in [0.3, 0.4) is 0 Å². The Morgan fingerprint density at radius 3 is 2.46 bits per heavy atom. The Kier molecular flexibility index (Phi) is 13.6. The molecule has 0 saturated carbocycles. The predicted octanol–water partition coefficient (Wildman–Crippen LogP) is 5.47. The fourth-order valence-corrected chi connectivity index (χ4v) is 12.4. The van der Waals surface area contributed by atoms with Crippen LogP contribution in [0.5, 0.6) is 11.5 Å². The van der Waals surface area contributed by atoms with Gasteiger partial charge in [0.1, 0.15) is 25.3 Å². The molecule has 17 heteroatoms. The summed E-state index contributed by atoms with van der Waals surface area (Å²) in [5, 5.41) is 26.9. The zero-order valence-electron chi connectivity index (χ0n) is 38.8. The number of carbonyl (C=O) groups is 3. The van der Waals surface area contributed by atoms with Gasteiger partial charge in [0.05, 0.1) is 38.5 Å². The number of nitrogens with zero attached hydrogens (tertiary/aromatic N) is 3. The number of alkyl carbamates (subject to hydrolysis) is 1. The van der Waals surface area contributed by atoms with Crippen molar-refractivity contribution in [3.05, 3.63) is 118 Å². The Hall–Kier alpha value is -5.87.